The Hall–Kier alpha value is -2.89. The van der Waals surface area contributed by atoms with Gasteiger partial charge in [-0.15, -0.1) is 0 Å². The van der Waals surface area contributed by atoms with Crippen LogP contribution in [0.3, 0.4) is 0 Å². The third-order valence-corrected chi connectivity index (χ3v) is 3.03. The Morgan fingerprint density at radius 2 is 2.24 bits per heavy atom. The number of nitrogens with zero attached hydrogens (tertiary/aromatic N) is 3. The third kappa shape index (κ3) is 2.69. The smallest absolute Gasteiger partial charge is 0.338 e. The Bertz CT molecular complexity index is 768. The number of pyridine rings is 2. The number of aromatic nitrogens is 3. The fraction of sp³-hybridized carbons (Fsp3) is 0.133. The average Bonchev–Trinajstić information content (AvgIpc) is 2.95. The van der Waals surface area contributed by atoms with Gasteiger partial charge in [-0.2, -0.15) is 0 Å². The number of esters is 1. The summed E-state index contributed by atoms with van der Waals surface area (Å²) in [6.07, 6.45) is 6.83. The second-order valence-corrected chi connectivity index (χ2v) is 4.36. The van der Waals surface area contributed by atoms with Gasteiger partial charge in [-0.1, -0.05) is 0 Å². The maximum absolute atomic E-state index is 11.5. The average molecular weight is 283 g/mol. The van der Waals surface area contributed by atoms with Crippen molar-refractivity contribution in [2.24, 2.45) is 0 Å². The Balaban J connectivity index is 1.82. The molecule has 0 saturated heterocycles. The van der Waals surface area contributed by atoms with Crippen molar-refractivity contribution in [2.75, 3.05) is 7.11 Å². The topological polar surface area (TPSA) is 65.7 Å². The van der Waals surface area contributed by atoms with Crippen molar-refractivity contribution in [3.8, 4) is 5.75 Å². The summed E-state index contributed by atoms with van der Waals surface area (Å²) < 4.78 is 12.2. The molecule has 0 aliphatic rings. The SMILES string of the molecule is COC(=O)c1ccn2c(COc3cccnc3)cnc2c1. The van der Waals surface area contributed by atoms with E-state index in [0.717, 1.165) is 5.69 Å². The molecule has 0 fully saturated rings. The van der Waals surface area contributed by atoms with E-state index in [0.29, 0.717) is 23.6 Å². The van der Waals surface area contributed by atoms with E-state index in [-0.39, 0.29) is 5.97 Å². The molecule has 0 N–H and O–H groups in total. The number of ether oxygens (including phenoxy) is 2. The zero-order valence-electron chi connectivity index (χ0n) is 11.4. The van der Waals surface area contributed by atoms with Crippen LogP contribution in [0.25, 0.3) is 5.65 Å². The second-order valence-electron chi connectivity index (χ2n) is 4.36. The van der Waals surface area contributed by atoms with Crippen molar-refractivity contribution in [3.05, 3.63) is 60.3 Å². The molecule has 3 rings (SSSR count). The molecule has 0 saturated carbocycles. The van der Waals surface area contributed by atoms with E-state index in [1.807, 2.05) is 16.5 Å². The van der Waals surface area contributed by atoms with Crippen LogP contribution < -0.4 is 4.74 Å². The van der Waals surface area contributed by atoms with Crippen molar-refractivity contribution >= 4 is 11.6 Å². The molecule has 6 heteroatoms. The second kappa shape index (κ2) is 5.62. The monoisotopic (exact) mass is 283 g/mol. The highest BCUT2D eigenvalue weighted by molar-refractivity contribution is 5.90. The summed E-state index contributed by atoms with van der Waals surface area (Å²) in [6.45, 7) is 0.366. The largest absolute Gasteiger partial charge is 0.486 e. The van der Waals surface area contributed by atoms with E-state index < -0.39 is 0 Å². The number of hydrogen-bond acceptors (Lipinski definition) is 5. The molecule has 21 heavy (non-hydrogen) atoms. The molecule has 0 aliphatic heterocycles. The Labute approximate surface area is 121 Å². The number of methoxy groups -OCH3 is 1. The van der Waals surface area contributed by atoms with Gasteiger partial charge < -0.3 is 13.9 Å². The molecule has 0 spiro atoms. The summed E-state index contributed by atoms with van der Waals surface area (Å²) in [5.41, 5.74) is 2.02. The van der Waals surface area contributed by atoms with Gasteiger partial charge in [0.1, 0.15) is 18.0 Å². The van der Waals surface area contributed by atoms with Crippen LogP contribution in [0, 0.1) is 0 Å². The molecule has 0 radical (unpaired) electrons. The van der Waals surface area contributed by atoms with E-state index in [1.165, 1.54) is 7.11 Å². The molecule has 3 aromatic heterocycles. The first-order valence-electron chi connectivity index (χ1n) is 6.35. The van der Waals surface area contributed by atoms with Crippen molar-refractivity contribution < 1.29 is 14.3 Å². The minimum atomic E-state index is -0.381. The molecule has 0 aliphatic carbocycles. The van der Waals surface area contributed by atoms with Crippen LogP contribution in [0.1, 0.15) is 16.1 Å². The van der Waals surface area contributed by atoms with Gasteiger partial charge in [-0.25, -0.2) is 9.78 Å². The lowest BCUT2D eigenvalue weighted by atomic mass is 10.2. The number of carbonyl (C=O) groups excluding carboxylic acids is 1. The van der Waals surface area contributed by atoms with E-state index in [9.17, 15) is 4.79 Å². The molecule has 0 unspecified atom stereocenters. The highest BCUT2D eigenvalue weighted by Gasteiger charge is 2.09. The normalized spacial score (nSPS) is 10.5. The lowest BCUT2D eigenvalue weighted by Crippen LogP contribution is -2.03. The maximum atomic E-state index is 11.5. The summed E-state index contributed by atoms with van der Waals surface area (Å²) in [6, 6.07) is 7.02. The van der Waals surface area contributed by atoms with Gasteiger partial charge in [-0.05, 0) is 24.3 Å². The van der Waals surface area contributed by atoms with E-state index in [4.69, 9.17) is 4.74 Å². The molecule has 106 valence electrons. The van der Waals surface area contributed by atoms with Crippen molar-refractivity contribution in [1.82, 2.24) is 14.4 Å². The number of fused-ring (bicyclic) bond motifs is 1. The van der Waals surface area contributed by atoms with Gasteiger partial charge in [0.25, 0.3) is 0 Å². The lowest BCUT2D eigenvalue weighted by molar-refractivity contribution is 0.0600. The van der Waals surface area contributed by atoms with Crippen LogP contribution in [-0.4, -0.2) is 27.4 Å². The summed E-state index contributed by atoms with van der Waals surface area (Å²) in [7, 11) is 1.35. The van der Waals surface area contributed by atoms with E-state index in [1.54, 1.807) is 36.9 Å². The Kier molecular flexibility index (Phi) is 3.51. The molecular weight excluding hydrogens is 270 g/mol. The molecule has 3 aromatic rings. The summed E-state index contributed by atoms with van der Waals surface area (Å²) in [4.78, 5) is 19.7. The van der Waals surface area contributed by atoms with E-state index >= 15 is 0 Å². The first-order chi connectivity index (χ1) is 10.3. The molecule has 0 amide bonds. The van der Waals surface area contributed by atoms with Gasteiger partial charge in [0, 0.05) is 12.4 Å². The standard InChI is InChI=1S/C15H13N3O3/c1-20-15(19)11-4-6-18-12(8-17-14(18)7-11)10-21-13-3-2-5-16-9-13/h2-9H,10H2,1H3. The van der Waals surface area contributed by atoms with Gasteiger partial charge in [0.05, 0.1) is 30.8 Å². The summed E-state index contributed by atoms with van der Waals surface area (Å²) >= 11 is 0. The highest BCUT2D eigenvalue weighted by atomic mass is 16.5. The molecule has 3 heterocycles. The fourth-order valence-electron chi connectivity index (χ4n) is 1.97. The van der Waals surface area contributed by atoms with Crippen LogP contribution in [0.4, 0.5) is 0 Å². The molecule has 0 bridgehead atoms. The van der Waals surface area contributed by atoms with Crippen LogP contribution in [0.15, 0.2) is 49.1 Å². The molecule has 0 atom stereocenters. The first-order valence-corrected chi connectivity index (χ1v) is 6.35. The molecule has 6 nitrogen and oxygen atoms in total. The van der Waals surface area contributed by atoms with Crippen molar-refractivity contribution in [3.63, 3.8) is 0 Å². The maximum Gasteiger partial charge on any atom is 0.338 e. The Morgan fingerprint density at radius 1 is 1.33 bits per heavy atom. The highest BCUT2D eigenvalue weighted by Crippen LogP contribution is 2.13. The molecular formula is C15H13N3O3. The minimum Gasteiger partial charge on any atom is -0.486 e. The molecule has 0 aromatic carbocycles. The number of rotatable bonds is 4. The van der Waals surface area contributed by atoms with Crippen LogP contribution in [0.5, 0.6) is 5.75 Å². The van der Waals surface area contributed by atoms with Crippen molar-refractivity contribution in [2.45, 2.75) is 6.61 Å². The number of hydrogen-bond donors (Lipinski definition) is 0. The van der Waals surface area contributed by atoms with Crippen LogP contribution in [0.2, 0.25) is 0 Å². The predicted molar refractivity (Wildman–Crippen MR) is 75.1 cm³/mol. The third-order valence-electron chi connectivity index (χ3n) is 3.03. The zero-order valence-corrected chi connectivity index (χ0v) is 11.4. The lowest BCUT2D eigenvalue weighted by Gasteiger charge is -2.06. The fourth-order valence-corrected chi connectivity index (χ4v) is 1.97. The van der Waals surface area contributed by atoms with Crippen LogP contribution >= 0.6 is 0 Å². The quantitative estimate of drug-likeness (QED) is 0.686. The van der Waals surface area contributed by atoms with Gasteiger partial charge >= 0.3 is 5.97 Å². The minimum absolute atomic E-state index is 0.366. The van der Waals surface area contributed by atoms with Gasteiger partial charge in [0.2, 0.25) is 0 Å². The van der Waals surface area contributed by atoms with Crippen molar-refractivity contribution in [1.29, 1.82) is 0 Å². The number of carbonyl (C=O) groups is 1. The number of imidazole rings is 1. The first kappa shape index (κ1) is 13.1. The predicted octanol–water partition coefficient (Wildman–Crippen LogP) is 2.09. The van der Waals surface area contributed by atoms with Crippen LogP contribution in [-0.2, 0) is 11.3 Å². The summed E-state index contributed by atoms with van der Waals surface area (Å²) in [5, 5.41) is 0. The zero-order chi connectivity index (χ0) is 14.7. The van der Waals surface area contributed by atoms with E-state index in [2.05, 4.69) is 14.7 Å². The van der Waals surface area contributed by atoms with Gasteiger partial charge in [0.15, 0.2) is 0 Å². The van der Waals surface area contributed by atoms with Gasteiger partial charge in [-0.3, -0.25) is 4.98 Å². The Morgan fingerprint density at radius 3 is 3.00 bits per heavy atom. The summed E-state index contributed by atoms with van der Waals surface area (Å²) in [5.74, 6) is 0.312.